The fraction of sp³-hybridized carbons (Fsp3) is 0.409. The second-order valence-corrected chi connectivity index (χ2v) is 8.55. The summed E-state index contributed by atoms with van der Waals surface area (Å²) >= 11 is 12.5. The number of anilines is 1. The molecule has 1 saturated heterocycles. The van der Waals surface area contributed by atoms with Gasteiger partial charge in [0, 0.05) is 12.1 Å². The number of nitrogens with zero attached hydrogens (tertiary/aromatic N) is 1. The van der Waals surface area contributed by atoms with Gasteiger partial charge in [0.25, 0.3) is 11.7 Å². The van der Waals surface area contributed by atoms with Crippen molar-refractivity contribution in [1.29, 1.82) is 0 Å². The summed E-state index contributed by atoms with van der Waals surface area (Å²) in [5, 5.41) is 1.11. The predicted octanol–water partition coefficient (Wildman–Crippen LogP) is 4.93. The molecule has 2 aromatic rings. The number of hydrogen-bond acceptors (Lipinski definition) is 3. The molecule has 3 aliphatic rings. The van der Waals surface area contributed by atoms with Crippen LogP contribution in [0.3, 0.4) is 0 Å². The van der Waals surface area contributed by atoms with Gasteiger partial charge >= 0.3 is 0 Å². The number of hydrogen-bond donors (Lipinski definition) is 0. The quantitative estimate of drug-likeness (QED) is 0.707. The number of rotatable bonds is 4. The van der Waals surface area contributed by atoms with Crippen molar-refractivity contribution in [2.75, 3.05) is 24.7 Å². The minimum absolute atomic E-state index is 0.0907. The number of carbonyl (C=O) groups is 1. The van der Waals surface area contributed by atoms with Crippen LogP contribution in [0, 0.1) is 5.92 Å². The van der Waals surface area contributed by atoms with Gasteiger partial charge in [0.2, 0.25) is 0 Å². The van der Waals surface area contributed by atoms with Gasteiger partial charge in [0.1, 0.15) is 0 Å². The minimum atomic E-state index is -1.30. The average Bonchev–Trinajstić information content (AvgIpc) is 3.51. The third kappa shape index (κ3) is 3.03. The van der Waals surface area contributed by atoms with E-state index in [1.807, 2.05) is 35.2 Å². The van der Waals surface area contributed by atoms with Crippen LogP contribution in [0.2, 0.25) is 10.0 Å². The van der Waals surface area contributed by atoms with Gasteiger partial charge in [-0.05, 0) is 60.9 Å². The molecule has 4 nitrogen and oxygen atoms in total. The minimum Gasteiger partial charge on any atom is -0.338 e. The molecule has 2 heterocycles. The summed E-state index contributed by atoms with van der Waals surface area (Å²) in [4.78, 5) is 15.2. The predicted molar refractivity (Wildman–Crippen MR) is 109 cm³/mol. The molecule has 0 bridgehead atoms. The summed E-state index contributed by atoms with van der Waals surface area (Å²) in [6.45, 7) is 1.78. The van der Waals surface area contributed by atoms with E-state index in [-0.39, 0.29) is 5.91 Å². The highest BCUT2D eigenvalue weighted by Crippen LogP contribution is 2.47. The first-order chi connectivity index (χ1) is 13.6. The summed E-state index contributed by atoms with van der Waals surface area (Å²) < 4.78 is 12.0. The Kier molecular flexibility index (Phi) is 4.63. The molecule has 2 aliphatic heterocycles. The van der Waals surface area contributed by atoms with Gasteiger partial charge < -0.3 is 14.4 Å². The zero-order valence-corrected chi connectivity index (χ0v) is 16.9. The number of carbonyl (C=O) groups excluding carboxylic acids is 1. The van der Waals surface area contributed by atoms with Gasteiger partial charge in [0.15, 0.2) is 0 Å². The van der Waals surface area contributed by atoms with Crippen molar-refractivity contribution >= 4 is 34.8 Å². The second-order valence-electron chi connectivity index (χ2n) is 7.77. The summed E-state index contributed by atoms with van der Waals surface area (Å²) in [5.41, 5.74) is 3.71. The van der Waals surface area contributed by atoms with E-state index >= 15 is 0 Å². The Labute approximate surface area is 174 Å². The first-order valence-corrected chi connectivity index (χ1v) is 10.5. The normalized spacial score (nSPS) is 20.6. The van der Waals surface area contributed by atoms with Crippen LogP contribution < -0.4 is 4.90 Å². The van der Waals surface area contributed by atoms with Crippen LogP contribution in [0.1, 0.15) is 36.0 Å². The van der Waals surface area contributed by atoms with Crippen molar-refractivity contribution in [3.05, 3.63) is 63.1 Å². The molecule has 146 valence electrons. The van der Waals surface area contributed by atoms with Gasteiger partial charge in [-0.2, -0.15) is 0 Å². The van der Waals surface area contributed by atoms with E-state index in [1.54, 1.807) is 6.07 Å². The van der Waals surface area contributed by atoms with Crippen LogP contribution in [-0.2, 0) is 26.5 Å². The molecule has 5 rings (SSSR count). The average molecular weight is 418 g/mol. The molecule has 1 aliphatic carbocycles. The molecule has 0 unspecified atom stereocenters. The zero-order chi connectivity index (χ0) is 19.3. The van der Waals surface area contributed by atoms with E-state index in [0.717, 1.165) is 35.3 Å². The topological polar surface area (TPSA) is 38.8 Å². The van der Waals surface area contributed by atoms with Crippen LogP contribution >= 0.6 is 23.2 Å². The number of fused-ring (bicyclic) bond motifs is 2. The Morgan fingerprint density at radius 1 is 1.11 bits per heavy atom. The van der Waals surface area contributed by atoms with Crippen LogP contribution in [0.4, 0.5) is 5.69 Å². The van der Waals surface area contributed by atoms with Gasteiger partial charge in [-0.1, -0.05) is 41.4 Å². The molecule has 2 fully saturated rings. The molecule has 1 spiro atoms. The van der Waals surface area contributed by atoms with Crippen LogP contribution in [-0.4, -0.2) is 25.7 Å². The Hall–Kier alpha value is -1.59. The Morgan fingerprint density at radius 2 is 1.89 bits per heavy atom. The zero-order valence-electron chi connectivity index (χ0n) is 15.4. The lowest BCUT2D eigenvalue weighted by molar-refractivity contribution is -0.256. The highest BCUT2D eigenvalue weighted by molar-refractivity contribution is 6.42. The highest BCUT2D eigenvalue weighted by atomic mass is 35.5. The first-order valence-electron chi connectivity index (χ1n) is 9.75. The van der Waals surface area contributed by atoms with Crippen molar-refractivity contribution < 1.29 is 14.3 Å². The van der Waals surface area contributed by atoms with Crippen LogP contribution in [0.5, 0.6) is 0 Å². The third-order valence-corrected chi connectivity index (χ3v) is 6.55. The molecule has 0 N–H and O–H groups in total. The van der Waals surface area contributed by atoms with Gasteiger partial charge in [-0.25, -0.2) is 0 Å². The van der Waals surface area contributed by atoms with E-state index in [0.29, 0.717) is 35.6 Å². The van der Waals surface area contributed by atoms with Crippen molar-refractivity contribution in [3.63, 3.8) is 0 Å². The fourth-order valence-electron chi connectivity index (χ4n) is 4.05. The second kappa shape index (κ2) is 7.03. The Balaban J connectivity index is 1.54. The van der Waals surface area contributed by atoms with Crippen molar-refractivity contribution in [1.82, 2.24) is 0 Å². The smallest absolute Gasteiger partial charge is 0.292 e. The number of halogens is 2. The van der Waals surface area contributed by atoms with E-state index in [1.165, 1.54) is 12.8 Å². The van der Waals surface area contributed by atoms with Gasteiger partial charge in [0.05, 0.1) is 28.9 Å². The van der Waals surface area contributed by atoms with E-state index in [4.69, 9.17) is 32.7 Å². The van der Waals surface area contributed by atoms with Crippen molar-refractivity contribution in [3.8, 4) is 0 Å². The number of amides is 1. The molecule has 0 atom stereocenters. The lowest BCUT2D eigenvalue weighted by Crippen LogP contribution is -2.47. The van der Waals surface area contributed by atoms with E-state index in [2.05, 4.69) is 0 Å². The molecule has 2 aromatic carbocycles. The van der Waals surface area contributed by atoms with Crippen molar-refractivity contribution in [2.24, 2.45) is 5.92 Å². The molecular weight excluding hydrogens is 397 g/mol. The first kappa shape index (κ1) is 18.4. The monoisotopic (exact) mass is 417 g/mol. The van der Waals surface area contributed by atoms with E-state index in [9.17, 15) is 4.79 Å². The molecule has 1 amide bonds. The molecule has 1 saturated carbocycles. The summed E-state index contributed by atoms with van der Waals surface area (Å²) in [6.07, 6.45) is 3.78. The Bertz CT molecular complexity index is 935. The number of ether oxygens (including phenoxy) is 2. The SMILES string of the molecule is O=C1N(CC2CC2)c2ccc(Cc3cccc(Cl)c3Cl)cc2C12OCCCO2. The molecule has 28 heavy (non-hydrogen) atoms. The maximum absolute atomic E-state index is 13.3. The lowest BCUT2D eigenvalue weighted by atomic mass is 9.98. The van der Waals surface area contributed by atoms with Crippen LogP contribution in [0.25, 0.3) is 0 Å². The maximum atomic E-state index is 13.3. The third-order valence-electron chi connectivity index (χ3n) is 5.70. The van der Waals surface area contributed by atoms with Crippen LogP contribution in [0.15, 0.2) is 36.4 Å². The molecule has 0 radical (unpaired) electrons. The summed E-state index contributed by atoms with van der Waals surface area (Å²) in [5.74, 6) is -0.802. The highest BCUT2D eigenvalue weighted by Gasteiger charge is 2.55. The molecule has 0 aromatic heterocycles. The fourth-order valence-corrected chi connectivity index (χ4v) is 4.44. The maximum Gasteiger partial charge on any atom is 0.292 e. The standard InChI is InChI=1S/C22H21Cl2NO3/c23-18-4-1-3-16(20(18)24)11-15-7-8-19-17(12-15)22(27-9-2-10-28-22)21(26)25(19)13-14-5-6-14/h1,3-4,7-8,12,14H,2,5-6,9-11,13H2. The van der Waals surface area contributed by atoms with E-state index < -0.39 is 5.79 Å². The Morgan fingerprint density at radius 3 is 2.64 bits per heavy atom. The van der Waals surface area contributed by atoms with Gasteiger partial charge in [-0.3, -0.25) is 4.79 Å². The molecular formula is C22H21Cl2NO3. The lowest BCUT2D eigenvalue weighted by Gasteiger charge is -2.32. The molecule has 6 heteroatoms. The largest absolute Gasteiger partial charge is 0.338 e. The summed E-state index contributed by atoms with van der Waals surface area (Å²) in [6, 6.07) is 11.7. The summed E-state index contributed by atoms with van der Waals surface area (Å²) in [7, 11) is 0. The van der Waals surface area contributed by atoms with Gasteiger partial charge in [-0.15, -0.1) is 0 Å². The number of benzene rings is 2. The van der Waals surface area contributed by atoms with Crippen molar-refractivity contribution in [2.45, 2.75) is 31.5 Å².